The van der Waals surface area contributed by atoms with E-state index in [0.29, 0.717) is 75.1 Å². The van der Waals surface area contributed by atoms with Crippen LogP contribution in [0.3, 0.4) is 0 Å². The van der Waals surface area contributed by atoms with Gasteiger partial charge in [0.25, 0.3) is 5.56 Å². The Morgan fingerprint density at radius 3 is 1.86 bits per heavy atom. The SMILES string of the molecule is C.COc1cc(-n2c(=S)[nH]c3c(C4CC4)c(C)c(Cl)cc3c2=O)c(Cl)cc1Cl.COc1cc(SC#N)c(Cl)cc1Cl.C[O-].Cc1c(Cl)cc(C(=O)O)c(N)c1C1CC1.[Na+]. The van der Waals surface area contributed by atoms with E-state index < -0.39 is 5.97 Å². The number of anilines is 1. The predicted molar refractivity (Wildman–Crippen MR) is 240 cm³/mol. The molecule has 2 aliphatic carbocycles. The van der Waals surface area contributed by atoms with Crippen LogP contribution in [0.25, 0.3) is 16.6 Å². The minimum atomic E-state index is -1.02. The van der Waals surface area contributed by atoms with Crippen molar-refractivity contribution in [2.24, 2.45) is 0 Å². The molecule has 5 aromatic rings. The van der Waals surface area contributed by atoms with Gasteiger partial charge in [-0.15, -0.1) is 0 Å². The molecule has 2 saturated carbocycles. The van der Waals surface area contributed by atoms with Crippen molar-refractivity contribution in [1.82, 2.24) is 9.55 Å². The molecule has 0 unspecified atom stereocenters. The monoisotopic (exact) mass is 968 g/mol. The van der Waals surface area contributed by atoms with Crippen molar-refractivity contribution < 1.29 is 54.0 Å². The molecule has 19 heteroatoms. The molecule has 0 atom stereocenters. The summed E-state index contributed by atoms with van der Waals surface area (Å²) in [7, 11) is 3.75. The smallest absolute Gasteiger partial charge is 0.857 e. The van der Waals surface area contributed by atoms with Crippen LogP contribution in [0.1, 0.15) is 77.6 Å². The molecule has 0 aliphatic heterocycles. The van der Waals surface area contributed by atoms with Crippen LogP contribution in [0.5, 0.6) is 11.5 Å². The summed E-state index contributed by atoms with van der Waals surface area (Å²) in [6.45, 7) is 3.86. The number of aromatic nitrogens is 2. The van der Waals surface area contributed by atoms with Gasteiger partial charge in [0.15, 0.2) is 4.77 Å². The van der Waals surface area contributed by atoms with E-state index in [2.05, 4.69) is 4.98 Å². The zero-order valence-corrected chi connectivity index (χ0v) is 40.2. The first kappa shape index (κ1) is 52.8. The summed E-state index contributed by atoms with van der Waals surface area (Å²) in [5.41, 5.74) is 11.1. The van der Waals surface area contributed by atoms with Crippen LogP contribution in [0, 0.1) is 29.3 Å². The summed E-state index contributed by atoms with van der Waals surface area (Å²) in [5.74, 6) is 0.714. The number of ether oxygens (including phenoxy) is 2. The zero-order valence-electron chi connectivity index (χ0n) is 32.0. The summed E-state index contributed by atoms with van der Waals surface area (Å²) < 4.78 is 11.8. The molecule has 2 fully saturated rings. The molecule has 310 valence electrons. The zero-order chi connectivity index (χ0) is 42.5. The molecule has 0 saturated heterocycles. The molecule has 0 bridgehead atoms. The van der Waals surface area contributed by atoms with Gasteiger partial charge in [-0.3, -0.25) is 9.36 Å². The van der Waals surface area contributed by atoms with Crippen molar-refractivity contribution in [2.75, 3.05) is 27.1 Å². The predicted octanol–water partition coefficient (Wildman–Crippen LogP) is 9.20. The number of nitrogens with two attached hydrogens (primary N) is 1. The number of thiocyanates is 1. The molecule has 1 heterocycles. The fourth-order valence-corrected chi connectivity index (χ4v) is 8.30. The Hall–Kier alpha value is -2.35. The average molecular weight is 972 g/mol. The largest absolute Gasteiger partial charge is 1.00 e. The maximum absolute atomic E-state index is 13.3. The number of aromatic carboxylic acids is 1. The van der Waals surface area contributed by atoms with Crippen LogP contribution in [0.4, 0.5) is 5.69 Å². The Kier molecular flexibility index (Phi) is 20.8. The first-order chi connectivity index (χ1) is 27.0. The van der Waals surface area contributed by atoms with Crippen molar-refractivity contribution in [1.29, 1.82) is 5.26 Å². The molecule has 4 N–H and O–H groups in total. The maximum Gasteiger partial charge on any atom is 1.00 e. The third-order valence-electron chi connectivity index (χ3n) is 9.08. The van der Waals surface area contributed by atoms with Crippen molar-refractivity contribution in [3.05, 3.63) is 109 Å². The van der Waals surface area contributed by atoms with E-state index in [0.717, 1.165) is 72.3 Å². The molecule has 59 heavy (non-hydrogen) atoms. The van der Waals surface area contributed by atoms with Gasteiger partial charge in [0.1, 0.15) is 16.9 Å². The number of methoxy groups -OCH3 is 2. The van der Waals surface area contributed by atoms with Gasteiger partial charge in [-0.05, 0) is 128 Å². The number of carboxylic acids is 1. The molecule has 1 aromatic heterocycles. The summed E-state index contributed by atoms with van der Waals surface area (Å²) in [6, 6.07) is 9.43. The molecule has 10 nitrogen and oxygen atoms in total. The van der Waals surface area contributed by atoms with Gasteiger partial charge in [0.2, 0.25) is 0 Å². The summed E-state index contributed by atoms with van der Waals surface area (Å²) in [6.07, 6.45) is 4.31. The van der Waals surface area contributed by atoms with E-state index in [1.54, 1.807) is 24.3 Å². The van der Waals surface area contributed by atoms with Gasteiger partial charge in [-0.1, -0.05) is 77.0 Å². The van der Waals surface area contributed by atoms with E-state index in [-0.39, 0.29) is 52.9 Å². The molecule has 0 radical (unpaired) electrons. The third-order valence-corrected chi connectivity index (χ3v) is 12.1. The van der Waals surface area contributed by atoms with Gasteiger partial charge in [0.05, 0.1) is 56.5 Å². The number of hydrogen-bond donors (Lipinski definition) is 3. The van der Waals surface area contributed by atoms with Crippen molar-refractivity contribution in [3.63, 3.8) is 0 Å². The van der Waals surface area contributed by atoms with E-state index in [4.69, 9.17) is 113 Å². The summed E-state index contributed by atoms with van der Waals surface area (Å²) in [4.78, 5) is 28.1. The van der Waals surface area contributed by atoms with Crippen LogP contribution >= 0.6 is 93.6 Å². The van der Waals surface area contributed by atoms with Crippen molar-refractivity contribution >= 4 is 116 Å². The Morgan fingerprint density at radius 2 is 1.36 bits per heavy atom. The van der Waals surface area contributed by atoms with Crippen LogP contribution in [0.15, 0.2) is 46.1 Å². The Labute approximate surface area is 404 Å². The van der Waals surface area contributed by atoms with Gasteiger partial charge in [-0.2, -0.15) is 12.4 Å². The maximum atomic E-state index is 13.3. The van der Waals surface area contributed by atoms with Gasteiger partial charge in [-0.25, -0.2) is 4.79 Å². The molecule has 2 aliphatic rings. The van der Waals surface area contributed by atoms with Crippen LogP contribution in [-0.4, -0.2) is 42.0 Å². The number of nitriles is 1. The fourth-order valence-electron chi connectivity index (χ4n) is 6.05. The molecule has 7 rings (SSSR count). The molecule has 0 spiro atoms. The van der Waals surface area contributed by atoms with Crippen LogP contribution < -0.4 is 55.4 Å². The first-order valence-corrected chi connectivity index (χ1v) is 20.4. The number of benzene rings is 4. The Morgan fingerprint density at radius 1 is 0.864 bits per heavy atom. The van der Waals surface area contributed by atoms with Crippen LogP contribution in [-0.2, 0) is 0 Å². The minimum absolute atomic E-state index is 0. The average Bonchev–Trinajstić information content (AvgIpc) is 4.11. The van der Waals surface area contributed by atoms with E-state index in [1.807, 2.05) is 19.2 Å². The number of fused-ring (bicyclic) bond motifs is 1. The second kappa shape index (κ2) is 23.2. The summed E-state index contributed by atoms with van der Waals surface area (Å²) in [5, 5.41) is 30.7. The Balaban J connectivity index is 0.000000320. The van der Waals surface area contributed by atoms with Crippen LogP contribution in [0.2, 0.25) is 30.1 Å². The van der Waals surface area contributed by atoms with Gasteiger partial charge in [0, 0.05) is 26.7 Å². The number of H-pyrrole nitrogens is 1. The van der Waals surface area contributed by atoms with E-state index >= 15 is 0 Å². The number of carbonyl (C=O) groups is 1. The third kappa shape index (κ3) is 12.2. The molecular weight excluding hydrogens is 932 g/mol. The van der Waals surface area contributed by atoms with Gasteiger partial charge >= 0.3 is 35.5 Å². The molecule has 4 aromatic carbocycles. The second-order valence-corrected chi connectivity index (χ2v) is 16.3. The first-order valence-electron chi connectivity index (χ1n) is 16.9. The molecule has 0 amide bonds. The summed E-state index contributed by atoms with van der Waals surface area (Å²) >= 11 is 43.0. The van der Waals surface area contributed by atoms with Crippen molar-refractivity contribution in [2.45, 2.75) is 63.7 Å². The minimum Gasteiger partial charge on any atom is -0.857 e. The number of carboxylic acid groups (broad SMARTS) is 1. The van der Waals surface area contributed by atoms with E-state index in [9.17, 15) is 9.59 Å². The number of halogens is 6. The number of aromatic amines is 1. The number of hydrogen-bond acceptors (Lipinski definition) is 9. The van der Waals surface area contributed by atoms with E-state index in [1.165, 1.54) is 30.9 Å². The van der Waals surface area contributed by atoms with Crippen molar-refractivity contribution in [3.8, 4) is 22.6 Å². The topological polar surface area (TPSA) is 166 Å². The number of thioether (sulfide) groups is 1. The van der Waals surface area contributed by atoms with Gasteiger partial charge < -0.3 is 30.4 Å². The molecular formula is C40H39Cl6N4NaO6S2. The number of nitrogens with one attached hydrogen (secondary N) is 1. The fraction of sp³-hybridized carbons (Fsp3) is 0.300. The quantitative estimate of drug-likeness (QED) is 0.0471. The Bertz CT molecular complexity index is 2520. The normalized spacial score (nSPS) is 12.5. The number of nitrogen functional groups attached to an aromatic ring is 1. The standard InChI is InChI=1S/C19H15Cl3N2O2S.C11H12ClNO2.C8H5Cl2NOS.CH3O.CH4.Na/c1-8-11(20)5-10-17(16(8)9-3-4-9)23-19(27)24(18(10)25)14-7-15(26-2)13(22)6-12(14)21;1-5-8(12)4-7(11(14)15)10(13)9(5)6-2-3-6;1-12-7-3-8(13-4-11)6(10)2-5(7)9;1-2;;/h5-7,9H,3-4H2,1-2H3,(H,23,27);4,6H,2-3,13H2,1H3,(H,14,15);2-3H,1H3;1H3;1H4;/q;;;-1;;+1. The second-order valence-electron chi connectivity index (χ2n) is 12.7. The number of nitrogens with zero attached hydrogens (tertiary/aromatic N) is 2. The number of rotatable bonds is 7.